The van der Waals surface area contributed by atoms with E-state index < -0.39 is 0 Å². The van der Waals surface area contributed by atoms with Gasteiger partial charge in [0.2, 0.25) is 0 Å². The number of aliphatic hydroxyl groups excluding tert-OH is 1. The minimum absolute atomic E-state index is 0.318. The van der Waals surface area contributed by atoms with Gasteiger partial charge >= 0.3 is 0 Å². The van der Waals surface area contributed by atoms with Crippen molar-refractivity contribution >= 4 is 5.69 Å². The number of nitrogens with zero attached hydrogens (tertiary/aromatic N) is 1. The second-order valence-electron chi connectivity index (χ2n) is 6.30. The molecule has 0 aromatic heterocycles. The molecule has 3 nitrogen and oxygen atoms in total. The van der Waals surface area contributed by atoms with Crippen molar-refractivity contribution in [2.45, 2.75) is 33.2 Å². The molecule has 112 valence electrons. The third-order valence-electron chi connectivity index (χ3n) is 4.01. The molecule has 2 N–H and O–H groups in total. The quantitative estimate of drug-likeness (QED) is 0.803. The normalized spacial score (nSPS) is 19.0. The van der Waals surface area contributed by atoms with Crippen LogP contribution >= 0.6 is 0 Å². The molecule has 0 bridgehead atoms. The van der Waals surface area contributed by atoms with Crippen LogP contribution in [0.5, 0.6) is 0 Å². The number of benzene rings is 1. The van der Waals surface area contributed by atoms with E-state index in [0.29, 0.717) is 18.4 Å². The molecule has 1 fully saturated rings. The Hall–Kier alpha value is -1.06. The van der Waals surface area contributed by atoms with Crippen molar-refractivity contribution in [3.63, 3.8) is 0 Å². The van der Waals surface area contributed by atoms with Gasteiger partial charge in [-0.25, -0.2) is 0 Å². The van der Waals surface area contributed by atoms with Crippen molar-refractivity contribution in [2.24, 2.45) is 11.8 Å². The molecule has 1 aromatic rings. The highest BCUT2D eigenvalue weighted by Gasteiger charge is 2.21. The van der Waals surface area contributed by atoms with Gasteiger partial charge in [0.1, 0.15) is 0 Å². The highest BCUT2D eigenvalue weighted by Crippen LogP contribution is 2.25. The fourth-order valence-corrected chi connectivity index (χ4v) is 2.82. The van der Waals surface area contributed by atoms with E-state index in [4.69, 9.17) is 5.11 Å². The van der Waals surface area contributed by atoms with Gasteiger partial charge in [-0.05, 0) is 48.9 Å². The summed E-state index contributed by atoms with van der Waals surface area (Å²) in [6, 6.07) is 8.91. The summed E-state index contributed by atoms with van der Waals surface area (Å²) in [5, 5.41) is 12.5. The van der Waals surface area contributed by atoms with Gasteiger partial charge in [-0.1, -0.05) is 26.0 Å². The SMILES string of the molecule is CC(C)CNCc1ccc(N2CCC(CCO)C2)cc1. The molecule has 0 amide bonds. The summed E-state index contributed by atoms with van der Waals surface area (Å²) >= 11 is 0. The molecule has 0 aliphatic carbocycles. The summed E-state index contributed by atoms with van der Waals surface area (Å²) in [6.07, 6.45) is 2.14. The molecule has 1 aromatic carbocycles. The first-order chi connectivity index (χ1) is 9.69. The van der Waals surface area contributed by atoms with Crippen molar-refractivity contribution in [1.82, 2.24) is 5.32 Å². The van der Waals surface area contributed by atoms with Crippen LogP contribution in [0.15, 0.2) is 24.3 Å². The molecule has 0 saturated carbocycles. The van der Waals surface area contributed by atoms with Crippen LogP contribution in [0.3, 0.4) is 0 Å². The van der Waals surface area contributed by atoms with E-state index in [1.807, 2.05) is 0 Å². The number of aliphatic hydroxyl groups is 1. The van der Waals surface area contributed by atoms with Crippen LogP contribution in [-0.4, -0.2) is 31.3 Å². The van der Waals surface area contributed by atoms with E-state index in [-0.39, 0.29) is 0 Å². The molecule has 2 rings (SSSR count). The zero-order valence-electron chi connectivity index (χ0n) is 12.8. The molecular weight excluding hydrogens is 248 g/mol. The van der Waals surface area contributed by atoms with Gasteiger partial charge < -0.3 is 15.3 Å². The zero-order chi connectivity index (χ0) is 14.4. The van der Waals surface area contributed by atoms with Crippen molar-refractivity contribution in [3.05, 3.63) is 29.8 Å². The Bertz CT molecular complexity index is 388. The van der Waals surface area contributed by atoms with Crippen LogP contribution in [0, 0.1) is 11.8 Å². The van der Waals surface area contributed by atoms with Gasteiger partial charge in [-0.2, -0.15) is 0 Å². The van der Waals surface area contributed by atoms with Crippen molar-refractivity contribution in [3.8, 4) is 0 Å². The molecule has 1 aliphatic heterocycles. The monoisotopic (exact) mass is 276 g/mol. The molecule has 1 unspecified atom stereocenters. The Labute approximate surface area is 123 Å². The second-order valence-corrected chi connectivity index (χ2v) is 6.30. The van der Waals surface area contributed by atoms with Crippen LogP contribution in [0.25, 0.3) is 0 Å². The summed E-state index contributed by atoms with van der Waals surface area (Å²) in [6.45, 7) is 9.00. The Balaban J connectivity index is 1.82. The smallest absolute Gasteiger partial charge is 0.0434 e. The Morgan fingerprint density at radius 3 is 2.70 bits per heavy atom. The summed E-state index contributed by atoms with van der Waals surface area (Å²) in [5.41, 5.74) is 2.67. The van der Waals surface area contributed by atoms with Crippen molar-refractivity contribution < 1.29 is 5.11 Å². The lowest BCUT2D eigenvalue weighted by Gasteiger charge is -2.19. The third kappa shape index (κ3) is 4.50. The van der Waals surface area contributed by atoms with Crippen LogP contribution < -0.4 is 10.2 Å². The van der Waals surface area contributed by atoms with Crippen LogP contribution in [0.1, 0.15) is 32.3 Å². The predicted octanol–water partition coefficient (Wildman–Crippen LogP) is 2.64. The first-order valence-corrected chi connectivity index (χ1v) is 7.84. The highest BCUT2D eigenvalue weighted by atomic mass is 16.3. The molecule has 3 heteroatoms. The molecular formula is C17H28N2O. The van der Waals surface area contributed by atoms with Crippen LogP contribution in [0.4, 0.5) is 5.69 Å². The second kappa shape index (κ2) is 7.65. The lowest BCUT2D eigenvalue weighted by molar-refractivity contribution is 0.263. The van der Waals surface area contributed by atoms with E-state index >= 15 is 0 Å². The first-order valence-electron chi connectivity index (χ1n) is 7.84. The number of hydrogen-bond acceptors (Lipinski definition) is 3. The summed E-state index contributed by atoms with van der Waals surface area (Å²) in [7, 11) is 0. The van der Waals surface area contributed by atoms with Gasteiger partial charge in [0.15, 0.2) is 0 Å². The molecule has 1 aliphatic rings. The van der Waals surface area contributed by atoms with Gasteiger partial charge in [-0.3, -0.25) is 0 Å². The van der Waals surface area contributed by atoms with E-state index in [9.17, 15) is 0 Å². The molecule has 1 atom stereocenters. The number of hydrogen-bond donors (Lipinski definition) is 2. The van der Waals surface area contributed by atoms with E-state index in [2.05, 4.69) is 48.3 Å². The standard InChI is InChI=1S/C17H28N2O/c1-14(2)11-18-12-15-3-5-17(6-4-15)19-9-7-16(13-19)8-10-20/h3-6,14,16,18,20H,7-13H2,1-2H3. The lowest BCUT2D eigenvalue weighted by atomic mass is 10.1. The Kier molecular flexibility index (Phi) is 5.86. The van der Waals surface area contributed by atoms with Crippen LogP contribution in [-0.2, 0) is 6.54 Å². The highest BCUT2D eigenvalue weighted by molar-refractivity contribution is 5.48. The maximum Gasteiger partial charge on any atom is 0.0434 e. The molecule has 1 heterocycles. The van der Waals surface area contributed by atoms with Gasteiger partial charge in [-0.15, -0.1) is 0 Å². The largest absolute Gasteiger partial charge is 0.396 e. The zero-order valence-corrected chi connectivity index (χ0v) is 12.8. The molecule has 0 spiro atoms. The fourth-order valence-electron chi connectivity index (χ4n) is 2.82. The number of nitrogens with one attached hydrogen (secondary N) is 1. The van der Waals surface area contributed by atoms with Crippen molar-refractivity contribution in [1.29, 1.82) is 0 Å². The average molecular weight is 276 g/mol. The Morgan fingerprint density at radius 2 is 2.05 bits per heavy atom. The topological polar surface area (TPSA) is 35.5 Å². The summed E-state index contributed by atoms with van der Waals surface area (Å²) in [5.74, 6) is 1.36. The lowest BCUT2D eigenvalue weighted by Crippen LogP contribution is -2.20. The van der Waals surface area contributed by atoms with Gasteiger partial charge in [0.25, 0.3) is 0 Å². The predicted molar refractivity (Wildman–Crippen MR) is 85.0 cm³/mol. The summed E-state index contributed by atoms with van der Waals surface area (Å²) in [4.78, 5) is 2.44. The summed E-state index contributed by atoms with van der Waals surface area (Å²) < 4.78 is 0. The van der Waals surface area contributed by atoms with Crippen LogP contribution in [0.2, 0.25) is 0 Å². The minimum Gasteiger partial charge on any atom is -0.396 e. The maximum absolute atomic E-state index is 9.02. The minimum atomic E-state index is 0.318. The van der Waals surface area contributed by atoms with E-state index in [1.165, 1.54) is 17.7 Å². The third-order valence-corrected chi connectivity index (χ3v) is 4.01. The molecule has 1 saturated heterocycles. The van der Waals surface area contributed by atoms with E-state index in [0.717, 1.165) is 32.6 Å². The fraction of sp³-hybridized carbons (Fsp3) is 0.647. The molecule has 0 radical (unpaired) electrons. The Morgan fingerprint density at radius 1 is 1.30 bits per heavy atom. The van der Waals surface area contributed by atoms with Crippen molar-refractivity contribution in [2.75, 3.05) is 31.1 Å². The van der Waals surface area contributed by atoms with E-state index in [1.54, 1.807) is 0 Å². The first kappa shape index (κ1) is 15.3. The maximum atomic E-state index is 9.02. The van der Waals surface area contributed by atoms with Gasteiger partial charge in [0, 0.05) is 31.9 Å². The van der Waals surface area contributed by atoms with Gasteiger partial charge in [0.05, 0.1) is 0 Å². The average Bonchev–Trinajstić information content (AvgIpc) is 2.88. The molecule has 20 heavy (non-hydrogen) atoms. The number of rotatable bonds is 7. The number of anilines is 1.